The zero-order valence-electron chi connectivity index (χ0n) is 18.7. The third kappa shape index (κ3) is 5.14. The number of rotatable bonds is 8. The van der Waals surface area contributed by atoms with Gasteiger partial charge in [0.05, 0.1) is 13.2 Å². The quantitative estimate of drug-likeness (QED) is 0.245. The first-order valence-electron chi connectivity index (χ1n) is 10.3. The van der Waals surface area contributed by atoms with E-state index in [4.69, 9.17) is 9.47 Å². The van der Waals surface area contributed by atoms with Crippen molar-refractivity contribution in [1.29, 1.82) is 0 Å². The summed E-state index contributed by atoms with van der Waals surface area (Å²) in [6.07, 6.45) is 1.24. The summed E-state index contributed by atoms with van der Waals surface area (Å²) >= 11 is 0. The van der Waals surface area contributed by atoms with Gasteiger partial charge in [0.1, 0.15) is 34.5 Å². The molecule has 8 nitrogen and oxygen atoms in total. The van der Waals surface area contributed by atoms with Gasteiger partial charge in [0, 0.05) is 29.2 Å². The largest absolute Gasteiger partial charge is 0.505 e. The molecule has 0 bridgehead atoms. The third-order valence-corrected chi connectivity index (χ3v) is 4.77. The minimum atomic E-state index is -0.429. The van der Waals surface area contributed by atoms with Crippen LogP contribution in [0.25, 0.3) is 16.7 Å². The molecule has 2 aromatic carbocycles. The van der Waals surface area contributed by atoms with Gasteiger partial charge in [-0.2, -0.15) is 0 Å². The number of aromatic hydroxyl groups is 1. The lowest BCUT2D eigenvalue weighted by Crippen LogP contribution is -2.14. The van der Waals surface area contributed by atoms with Crippen molar-refractivity contribution >= 4 is 23.3 Å². The van der Waals surface area contributed by atoms with Crippen LogP contribution in [0.2, 0.25) is 0 Å². The predicted octanol–water partition coefficient (Wildman–Crippen LogP) is 4.12. The van der Waals surface area contributed by atoms with Crippen molar-refractivity contribution in [2.45, 2.75) is 39.5 Å². The van der Waals surface area contributed by atoms with E-state index in [0.717, 1.165) is 6.29 Å². The van der Waals surface area contributed by atoms with E-state index in [1.807, 2.05) is 20.8 Å². The van der Waals surface area contributed by atoms with E-state index in [-0.39, 0.29) is 17.8 Å². The lowest BCUT2D eigenvalue weighted by molar-refractivity contribution is -0.139. The number of fused-ring (bicyclic) bond motifs is 1. The maximum absolute atomic E-state index is 11.5. The van der Waals surface area contributed by atoms with Crippen molar-refractivity contribution in [3.8, 4) is 17.2 Å². The second kappa shape index (κ2) is 9.21. The number of aromatic nitrogens is 3. The molecule has 0 saturated carbocycles. The molecule has 0 aliphatic carbocycles. The van der Waals surface area contributed by atoms with Gasteiger partial charge in [0.2, 0.25) is 0 Å². The molecular weight excluding hydrogens is 410 g/mol. The zero-order valence-corrected chi connectivity index (χ0v) is 18.7. The molecule has 1 heterocycles. The zero-order chi connectivity index (χ0) is 23.5. The Morgan fingerprint density at radius 2 is 1.88 bits per heavy atom. The first kappa shape index (κ1) is 23.0. The molecule has 1 N–H and O–H groups in total. The van der Waals surface area contributed by atoms with Crippen LogP contribution in [0.5, 0.6) is 11.5 Å². The number of phenolic OH excluding ortho intramolecular Hbond substituents is 1. The van der Waals surface area contributed by atoms with Crippen molar-refractivity contribution < 1.29 is 24.2 Å². The number of nitrogens with zero attached hydrogens (tertiary/aromatic N) is 3. The number of carbonyl (C=O) groups is 2. The van der Waals surface area contributed by atoms with Crippen molar-refractivity contribution in [3.63, 3.8) is 0 Å². The normalized spacial score (nSPS) is 11.4. The topological polar surface area (TPSA) is 104 Å². The van der Waals surface area contributed by atoms with Crippen LogP contribution in [0.1, 0.15) is 50.0 Å². The molecule has 168 valence electrons. The molecule has 0 aliphatic rings. The highest BCUT2D eigenvalue weighted by Gasteiger charge is 2.24. The number of ether oxygens (including phenoxy) is 2. The number of phenols is 1. The molecule has 1 aromatic heterocycles. The Morgan fingerprint density at radius 3 is 2.53 bits per heavy atom. The van der Waals surface area contributed by atoms with Gasteiger partial charge >= 0.3 is 5.97 Å². The number of hydrogen-bond donors (Lipinski definition) is 1. The fourth-order valence-corrected chi connectivity index (χ4v) is 3.05. The summed E-state index contributed by atoms with van der Waals surface area (Å²) in [4.78, 5) is 23.9. The minimum absolute atomic E-state index is 0.0520. The molecule has 32 heavy (non-hydrogen) atoms. The summed E-state index contributed by atoms with van der Waals surface area (Å²) in [6.45, 7) is 11.6. The Morgan fingerprint density at radius 1 is 1.16 bits per heavy atom. The summed E-state index contributed by atoms with van der Waals surface area (Å²) < 4.78 is 10.9. The number of benzene rings is 2. The van der Waals surface area contributed by atoms with Crippen LogP contribution in [-0.2, 0) is 14.9 Å². The number of aldehydes is 1. The van der Waals surface area contributed by atoms with Crippen LogP contribution in [0.4, 0.5) is 0 Å². The molecule has 3 rings (SSSR count). The van der Waals surface area contributed by atoms with E-state index in [1.165, 1.54) is 4.80 Å². The van der Waals surface area contributed by atoms with Crippen LogP contribution in [0, 0.1) is 0 Å². The van der Waals surface area contributed by atoms with Gasteiger partial charge in [-0.15, -0.1) is 15.0 Å². The molecule has 0 atom stereocenters. The van der Waals surface area contributed by atoms with Crippen molar-refractivity contribution in [3.05, 3.63) is 53.6 Å². The fourth-order valence-electron chi connectivity index (χ4n) is 3.05. The van der Waals surface area contributed by atoms with Gasteiger partial charge in [0.15, 0.2) is 0 Å². The lowest BCUT2D eigenvalue weighted by atomic mass is 9.86. The second-order valence-electron chi connectivity index (χ2n) is 8.56. The summed E-state index contributed by atoms with van der Waals surface area (Å²) in [5.74, 6) is 0.154. The number of esters is 1. The second-order valence-corrected chi connectivity index (χ2v) is 8.56. The van der Waals surface area contributed by atoms with Gasteiger partial charge < -0.3 is 14.6 Å². The summed E-state index contributed by atoms with van der Waals surface area (Å²) in [6, 6.07) is 8.45. The Labute approximate surface area is 186 Å². The highest BCUT2D eigenvalue weighted by Crippen LogP contribution is 2.38. The van der Waals surface area contributed by atoms with Crippen molar-refractivity contribution in [2.75, 3.05) is 13.2 Å². The Hall–Kier alpha value is -3.68. The summed E-state index contributed by atoms with van der Waals surface area (Å²) in [5, 5.41) is 19.8. The van der Waals surface area contributed by atoms with E-state index >= 15 is 0 Å². The Balaban J connectivity index is 1.88. The summed E-state index contributed by atoms with van der Waals surface area (Å²) in [5.41, 5.74) is 2.65. The predicted molar refractivity (Wildman–Crippen MR) is 121 cm³/mol. The Bertz CT molecular complexity index is 1170. The van der Waals surface area contributed by atoms with E-state index in [1.54, 1.807) is 37.3 Å². The smallest absolute Gasteiger partial charge is 0.333 e. The van der Waals surface area contributed by atoms with Gasteiger partial charge in [-0.25, -0.2) is 4.79 Å². The number of carbonyl (C=O) groups excluding carboxylic acids is 2. The molecule has 0 unspecified atom stereocenters. The molecule has 0 amide bonds. The van der Waals surface area contributed by atoms with E-state index < -0.39 is 5.97 Å². The average Bonchev–Trinajstić information content (AvgIpc) is 3.16. The molecule has 0 fully saturated rings. The van der Waals surface area contributed by atoms with Crippen LogP contribution >= 0.6 is 0 Å². The van der Waals surface area contributed by atoms with Gasteiger partial charge in [-0.05, 0) is 36.6 Å². The van der Waals surface area contributed by atoms with Crippen molar-refractivity contribution in [1.82, 2.24) is 15.0 Å². The molecule has 0 aliphatic heterocycles. The van der Waals surface area contributed by atoms with Gasteiger partial charge in [-0.3, -0.25) is 4.79 Å². The van der Waals surface area contributed by atoms with Gasteiger partial charge in [0.25, 0.3) is 0 Å². The number of hydrogen-bond acceptors (Lipinski definition) is 7. The minimum Gasteiger partial charge on any atom is -0.505 e. The van der Waals surface area contributed by atoms with Crippen molar-refractivity contribution in [2.24, 2.45) is 0 Å². The van der Waals surface area contributed by atoms with Crippen LogP contribution < -0.4 is 4.74 Å². The van der Waals surface area contributed by atoms with E-state index in [2.05, 4.69) is 16.8 Å². The standard InChI is InChI=1S/C24H27N3O5/c1-15(2)23(30)32-10-6-9-31-17-12-18(24(3,4)5)22(29)21(13-17)27-25-19-8-7-16(14-28)11-20(19)26-27/h7-8,11-14,29H,1,6,9-10H2,2-5H3. The maximum atomic E-state index is 11.5. The molecule has 0 radical (unpaired) electrons. The highest BCUT2D eigenvalue weighted by molar-refractivity contribution is 5.87. The average molecular weight is 437 g/mol. The Kier molecular flexibility index (Phi) is 6.62. The van der Waals surface area contributed by atoms with E-state index in [9.17, 15) is 14.7 Å². The maximum Gasteiger partial charge on any atom is 0.333 e. The molecule has 8 heteroatoms. The SMILES string of the molecule is C=C(C)C(=O)OCCCOc1cc(-n2nc3ccc(C=O)cc3n2)c(O)c(C(C)(C)C)c1. The fraction of sp³-hybridized carbons (Fsp3) is 0.333. The third-order valence-electron chi connectivity index (χ3n) is 4.77. The van der Waals surface area contributed by atoms with E-state index in [0.29, 0.717) is 52.2 Å². The highest BCUT2D eigenvalue weighted by atomic mass is 16.5. The van der Waals surface area contributed by atoms with Crippen LogP contribution in [-0.4, -0.2) is 45.6 Å². The van der Waals surface area contributed by atoms with Crippen LogP contribution in [0.3, 0.4) is 0 Å². The lowest BCUT2D eigenvalue weighted by Gasteiger charge is -2.23. The molecule has 0 spiro atoms. The molecular formula is C24H27N3O5. The summed E-state index contributed by atoms with van der Waals surface area (Å²) in [7, 11) is 0. The molecule has 3 aromatic rings. The van der Waals surface area contributed by atoms with Crippen LogP contribution in [0.15, 0.2) is 42.5 Å². The monoisotopic (exact) mass is 437 g/mol. The molecule has 0 saturated heterocycles. The first-order valence-corrected chi connectivity index (χ1v) is 10.3. The first-order chi connectivity index (χ1) is 15.1. The van der Waals surface area contributed by atoms with Gasteiger partial charge in [-0.1, -0.05) is 27.4 Å².